The van der Waals surface area contributed by atoms with E-state index >= 15 is 0 Å². The molecule has 0 radical (unpaired) electrons. The number of amides is 2. The molecule has 0 aromatic carbocycles. The van der Waals surface area contributed by atoms with Gasteiger partial charge in [0.25, 0.3) is 0 Å². The van der Waals surface area contributed by atoms with E-state index in [9.17, 15) is 14.9 Å². The zero-order valence-corrected chi connectivity index (χ0v) is 17.8. The predicted octanol–water partition coefficient (Wildman–Crippen LogP) is 3.61. The summed E-state index contributed by atoms with van der Waals surface area (Å²) < 4.78 is 5.55. The summed E-state index contributed by atoms with van der Waals surface area (Å²) >= 11 is 0. The van der Waals surface area contributed by atoms with Crippen molar-refractivity contribution < 1.29 is 14.3 Å². The van der Waals surface area contributed by atoms with Crippen LogP contribution in [0.4, 0.5) is 4.79 Å². The van der Waals surface area contributed by atoms with Gasteiger partial charge in [-0.25, -0.2) is 4.79 Å². The summed E-state index contributed by atoms with van der Waals surface area (Å²) in [7, 11) is 0. The predicted molar refractivity (Wildman–Crippen MR) is 107 cm³/mol. The molecule has 5 saturated carbocycles. The van der Waals surface area contributed by atoms with Crippen LogP contribution in [0.3, 0.4) is 0 Å². The number of alkyl carbamates (subject to hydrolysis) is 1. The summed E-state index contributed by atoms with van der Waals surface area (Å²) in [6.45, 7) is 5.53. The maximum Gasteiger partial charge on any atom is 0.408 e. The molecule has 0 unspecified atom stereocenters. The van der Waals surface area contributed by atoms with E-state index in [1.165, 1.54) is 19.3 Å². The van der Waals surface area contributed by atoms with E-state index in [0.717, 1.165) is 32.1 Å². The minimum absolute atomic E-state index is 0.0330. The molecule has 1 heterocycles. The number of nitrogens with zero attached hydrogens (tertiary/aromatic N) is 2. The summed E-state index contributed by atoms with van der Waals surface area (Å²) in [5, 5.41) is 12.6. The van der Waals surface area contributed by atoms with Crippen molar-refractivity contribution in [1.82, 2.24) is 10.2 Å². The van der Waals surface area contributed by atoms with Gasteiger partial charge in [0, 0.05) is 11.5 Å². The fraction of sp³-hybridized carbons (Fsp3) is 0.870. The molecule has 1 aliphatic heterocycles. The third-order valence-corrected chi connectivity index (χ3v) is 8.11. The Kier molecular flexibility index (Phi) is 4.21. The van der Waals surface area contributed by atoms with Crippen LogP contribution in [-0.4, -0.2) is 40.6 Å². The van der Waals surface area contributed by atoms with Crippen molar-refractivity contribution in [2.75, 3.05) is 0 Å². The first-order chi connectivity index (χ1) is 13.7. The quantitative estimate of drug-likeness (QED) is 0.786. The summed E-state index contributed by atoms with van der Waals surface area (Å²) in [5.74, 6) is 2.47. The summed E-state index contributed by atoms with van der Waals surface area (Å²) in [6.07, 6.45) is 8.17. The minimum atomic E-state index is -0.608. The number of carbonyl (C=O) groups excluding carboxylic acids is 2. The number of likely N-dealkylation sites (tertiary alicyclic amines) is 1. The molecule has 6 fully saturated rings. The van der Waals surface area contributed by atoms with Gasteiger partial charge in [-0.15, -0.1) is 0 Å². The summed E-state index contributed by atoms with van der Waals surface area (Å²) in [5.41, 5.74) is -0.778. The molecule has 4 atom stereocenters. The highest BCUT2D eigenvalue weighted by atomic mass is 16.6. The molecule has 2 amide bonds. The zero-order chi connectivity index (χ0) is 20.6. The van der Waals surface area contributed by atoms with Crippen molar-refractivity contribution >= 4 is 12.0 Å². The van der Waals surface area contributed by atoms with Gasteiger partial charge in [0.1, 0.15) is 17.7 Å². The Morgan fingerprint density at radius 2 is 1.66 bits per heavy atom. The lowest BCUT2D eigenvalue weighted by Crippen LogP contribution is -2.63. The second kappa shape index (κ2) is 6.36. The van der Waals surface area contributed by atoms with Crippen molar-refractivity contribution in [3.63, 3.8) is 0 Å². The van der Waals surface area contributed by atoms with E-state index in [-0.39, 0.29) is 23.4 Å². The number of hydrogen-bond donors (Lipinski definition) is 1. The zero-order valence-electron chi connectivity index (χ0n) is 17.8. The molecule has 1 N–H and O–H groups in total. The molecular weight excluding hydrogens is 366 g/mol. The lowest BCUT2D eigenvalue weighted by molar-refractivity contribution is -0.146. The fourth-order valence-electron chi connectivity index (χ4n) is 7.47. The van der Waals surface area contributed by atoms with E-state index in [1.54, 1.807) is 0 Å². The monoisotopic (exact) mass is 399 g/mol. The normalized spacial score (nSPS) is 42.8. The van der Waals surface area contributed by atoms with Crippen LogP contribution in [0.1, 0.15) is 72.1 Å². The van der Waals surface area contributed by atoms with Crippen LogP contribution < -0.4 is 5.32 Å². The molecule has 158 valence electrons. The van der Waals surface area contributed by atoms with Gasteiger partial charge in [-0.05, 0) is 95.8 Å². The Balaban J connectivity index is 1.44. The van der Waals surface area contributed by atoms with Gasteiger partial charge >= 0.3 is 6.09 Å². The van der Waals surface area contributed by atoms with Gasteiger partial charge in [0.05, 0.1) is 6.07 Å². The number of piperidine rings is 1. The Bertz CT molecular complexity index is 729. The van der Waals surface area contributed by atoms with Crippen LogP contribution in [0.5, 0.6) is 0 Å². The Morgan fingerprint density at radius 3 is 2.17 bits per heavy atom. The average Bonchev–Trinajstić information content (AvgIpc) is 3.26. The van der Waals surface area contributed by atoms with E-state index in [2.05, 4.69) is 11.4 Å². The third-order valence-electron chi connectivity index (χ3n) is 8.11. The maximum absolute atomic E-state index is 13.9. The van der Waals surface area contributed by atoms with Gasteiger partial charge < -0.3 is 15.0 Å². The topological polar surface area (TPSA) is 82.4 Å². The first kappa shape index (κ1) is 19.2. The Morgan fingerprint density at radius 1 is 1.07 bits per heavy atom. The summed E-state index contributed by atoms with van der Waals surface area (Å²) in [4.78, 5) is 28.5. The first-order valence-electron chi connectivity index (χ1n) is 11.4. The molecule has 6 rings (SSSR count). The molecule has 4 bridgehead atoms. The van der Waals surface area contributed by atoms with E-state index in [0.29, 0.717) is 23.7 Å². The molecule has 0 spiro atoms. The van der Waals surface area contributed by atoms with Gasteiger partial charge in [0.2, 0.25) is 5.91 Å². The highest BCUT2D eigenvalue weighted by Gasteiger charge is 2.61. The van der Waals surface area contributed by atoms with Crippen molar-refractivity contribution in [3.8, 4) is 6.07 Å². The number of hydrogen-bond acceptors (Lipinski definition) is 4. The van der Waals surface area contributed by atoms with Crippen LogP contribution in [0.25, 0.3) is 0 Å². The fourth-order valence-corrected chi connectivity index (χ4v) is 7.47. The van der Waals surface area contributed by atoms with Crippen LogP contribution >= 0.6 is 0 Å². The first-order valence-corrected chi connectivity index (χ1v) is 11.4. The highest BCUT2D eigenvalue weighted by molar-refractivity contribution is 5.88. The maximum atomic E-state index is 13.9. The molecular formula is C23H33N3O3. The molecule has 0 aromatic heterocycles. The van der Waals surface area contributed by atoms with E-state index < -0.39 is 17.7 Å². The number of nitrogens with one attached hydrogen (secondary N) is 1. The molecule has 6 aliphatic rings. The number of fused-ring (bicyclic) bond motifs is 1. The van der Waals surface area contributed by atoms with Crippen LogP contribution in [0.2, 0.25) is 0 Å². The largest absolute Gasteiger partial charge is 0.444 e. The van der Waals surface area contributed by atoms with Gasteiger partial charge in [-0.2, -0.15) is 5.26 Å². The lowest BCUT2D eigenvalue weighted by atomic mass is 9.47. The van der Waals surface area contributed by atoms with E-state index in [1.807, 2.05) is 25.7 Å². The van der Waals surface area contributed by atoms with Crippen LogP contribution in [0.15, 0.2) is 0 Å². The number of carbonyl (C=O) groups is 2. The third kappa shape index (κ3) is 3.31. The van der Waals surface area contributed by atoms with E-state index in [4.69, 9.17) is 4.74 Å². The molecule has 6 nitrogen and oxygen atoms in total. The minimum Gasteiger partial charge on any atom is -0.444 e. The van der Waals surface area contributed by atoms with Crippen molar-refractivity contribution in [2.24, 2.45) is 29.1 Å². The van der Waals surface area contributed by atoms with Gasteiger partial charge in [-0.1, -0.05) is 0 Å². The highest BCUT2D eigenvalue weighted by Crippen LogP contribution is 2.62. The number of rotatable bonds is 3. The Labute approximate surface area is 173 Å². The molecule has 1 saturated heterocycles. The lowest BCUT2D eigenvalue weighted by Gasteiger charge is -2.59. The van der Waals surface area contributed by atoms with Crippen molar-refractivity contribution in [1.29, 1.82) is 5.26 Å². The molecule has 5 aliphatic carbocycles. The SMILES string of the molecule is CC(C)(C)OC(=O)N[C@H](C(=O)N1[C@H](C#N)C[C@@H]2C[C@@H]21)C12CC3CC(CC(C3)C1)C2. The second-order valence-electron chi connectivity index (χ2n) is 11.5. The molecule has 6 heteroatoms. The molecule has 0 aromatic rings. The second-order valence-corrected chi connectivity index (χ2v) is 11.5. The van der Waals surface area contributed by atoms with Crippen LogP contribution in [0, 0.1) is 40.4 Å². The Hall–Kier alpha value is -1.77. The summed E-state index contributed by atoms with van der Waals surface area (Å²) in [6, 6.07) is 1.62. The van der Waals surface area contributed by atoms with Gasteiger partial charge in [-0.3, -0.25) is 4.79 Å². The van der Waals surface area contributed by atoms with Gasteiger partial charge in [0.15, 0.2) is 0 Å². The average molecular weight is 400 g/mol. The molecule has 29 heavy (non-hydrogen) atoms. The smallest absolute Gasteiger partial charge is 0.408 e. The van der Waals surface area contributed by atoms with Crippen molar-refractivity contribution in [2.45, 2.75) is 95.9 Å². The van der Waals surface area contributed by atoms with Crippen molar-refractivity contribution in [3.05, 3.63) is 0 Å². The number of ether oxygens (including phenoxy) is 1. The standard InChI is InChI=1S/C23H33N3O3/c1-22(2,3)29-21(28)25-19(20(27)26-17(12-24)7-16-8-18(16)26)23-9-13-4-14(10-23)6-15(5-13)11-23/h13-19H,4-11H2,1-3H3,(H,25,28)/t13?,14?,15?,16-,17+,18+,19-,23?/m1/s1. The van der Waals surface area contributed by atoms with Crippen LogP contribution in [-0.2, 0) is 9.53 Å². The number of nitriles is 1.